The minimum Gasteiger partial charge on any atom is -0.387 e. The summed E-state index contributed by atoms with van der Waals surface area (Å²) < 4.78 is 5.40. The summed E-state index contributed by atoms with van der Waals surface area (Å²) >= 11 is 0. The molecule has 0 aromatic heterocycles. The molecule has 1 aliphatic rings. The zero-order chi connectivity index (χ0) is 19.8. The fourth-order valence-corrected chi connectivity index (χ4v) is 3.09. The van der Waals surface area contributed by atoms with Crippen molar-refractivity contribution in [1.29, 1.82) is 0 Å². The van der Waals surface area contributed by atoms with Gasteiger partial charge in [0.15, 0.2) is 0 Å². The maximum absolute atomic E-state index is 11.9. The summed E-state index contributed by atoms with van der Waals surface area (Å²) in [5.41, 5.74) is 0.630. The number of unbranched alkanes of at least 4 members (excludes halogenated alkanes) is 3. The molecule has 0 heterocycles. The Morgan fingerprint density at radius 1 is 0.815 bits per heavy atom. The van der Waals surface area contributed by atoms with Crippen LogP contribution in [-0.4, -0.2) is 81.2 Å². The van der Waals surface area contributed by atoms with Crippen LogP contribution in [0.3, 0.4) is 0 Å². The number of carbonyl (C=O) groups excluding carboxylic acids is 1. The average Bonchev–Trinajstić information content (AvgIpc) is 2.69. The largest absolute Gasteiger partial charge is 0.387 e. The molecule has 8 nitrogen and oxygen atoms in total. The van der Waals surface area contributed by atoms with Gasteiger partial charge in [0.05, 0.1) is 0 Å². The molecule has 1 aliphatic carbocycles. The summed E-state index contributed by atoms with van der Waals surface area (Å²) in [6.45, 7) is 0.815. The first-order chi connectivity index (χ1) is 12.9. The summed E-state index contributed by atoms with van der Waals surface area (Å²) in [6, 6.07) is 9.00. The van der Waals surface area contributed by atoms with Crippen molar-refractivity contribution in [3.63, 3.8) is 0 Å². The van der Waals surface area contributed by atoms with Gasteiger partial charge in [0.2, 0.25) is 0 Å². The van der Waals surface area contributed by atoms with Gasteiger partial charge in [-0.25, -0.2) is 0 Å². The Bertz CT molecular complexity index is 554. The van der Waals surface area contributed by atoms with Crippen LogP contribution in [-0.2, 0) is 4.74 Å². The highest BCUT2D eigenvalue weighted by molar-refractivity contribution is 5.94. The van der Waals surface area contributed by atoms with Crippen molar-refractivity contribution < 1.29 is 35.1 Å². The normalized spacial score (nSPS) is 30.9. The molecule has 27 heavy (non-hydrogen) atoms. The lowest BCUT2D eigenvalue weighted by Crippen LogP contribution is -2.64. The van der Waals surface area contributed by atoms with Gasteiger partial charge in [0.1, 0.15) is 36.6 Å². The zero-order valence-electron chi connectivity index (χ0n) is 15.1. The summed E-state index contributed by atoms with van der Waals surface area (Å²) in [5.74, 6) is -0.0986. The van der Waals surface area contributed by atoms with E-state index in [9.17, 15) is 30.3 Å². The van der Waals surface area contributed by atoms with E-state index < -0.39 is 36.6 Å². The van der Waals surface area contributed by atoms with Gasteiger partial charge < -0.3 is 35.6 Å². The van der Waals surface area contributed by atoms with Crippen LogP contribution in [0.2, 0.25) is 0 Å². The number of rotatable bonds is 9. The summed E-state index contributed by atoms with van der Waals surface area (Å²) in [6.07, 6.45) is -5.65. The van der Waals surface area contributed by atoms with Gasteiger partial charge in [-0.15, -0.1) is 0 Å². The van der Waals surface area contributed by atoms with Crippen molar-refractivity contribution in [3.05, 3.63) is 35.9 Å². The molecule has 1 fully saturated rings. The number of aliphatic hydroxyl groups is 5. The first-order valence-corrected chi connectivity index (χ1v) is 9.28. The van der Waals surface area contributed by atoms with Gasteiger partial charge in [0.25, 0.3) is 5.91 Å². The van der Waals surface area contributed by atoms with Crippen LogP contribution < -0.4 is 5.32 Å². The van der Waals surface area contributed by atoms with E-state index in [-0.39, 0.29) is 12.5 Å². The Morgan fingerprint density at radius 2 is 1.37 bits per heavy atom. The smallest absolute Gasteiger partial charge is 0.251 e. The van der Waals surface area contributed by atoms with E-state index in [2.05, 4.69) is 5.32 Å². The molecule has 8 heteroatoms. The van der Waals surface area contributed by atoms with Gasteiger partial charge in [-0.05, 0) is 25.0 Å². The third-order valence-electron chi connectivity index (χ3n) is 4.78. The second-order valence-electron chi connectivity index (χ2n) is 6.82. The lowest BCUT2D eigenvalue weighted by Gasteiger charge is -2.41. The van der Waals surface area contributed by atoms with E-state index in [0.29, 0.717) is 18.5 Å². The Labute approximate surface area is 158 Å². The van der Waals surface area contributed by atoms with E-state index >= 15 is 0 Å². The number of amides is 1. The Morgan fingerprint density at radius 3 is 2.00 bits per heavy atom. The maximum atomic E-state index is 11.9. The number of ether oxygens (including phenoxy) is 1. The second-order valence-corrected chi connectivity index (χ2v) is 6.82. The van der Waals surface area contributed by atoms with Crippen LogP contribution in [0.15, 0.2) is 30.3 Å². The Kier molecular flexibility index (Phi) is 8.62. The van der Waals surface area contributed by atoms with Gasteiger partial charge in [-0.2, -0.15) is 0 Å². The second kappa shape index (κ2) is 10.7. The van der Waals surface area contributed by atoms with Gasteiger partial charge in [-0.1, -0.05) is 31.0 Å². The number of aliphatic hydroxyl groups excluding tert-OH is 5. The minimum absolute atomic E-state index is 0.0986. The monoisotopic (exact) mass is 383 g/mol. The highest BCUT2D eigenvalue weighted by Gasteiger charge is 2.48. The van der Waals surface area contributed by atoms with Crippen molar-refractivity contribution in [1.82, 2.24) is 5.32 Å². The van der Waals surface area contributed by atoms with E-state index in [0.717, 1.165) is 19.3 Å². The number of hydrogen-bond donors (Lipinski definition) is 6. The molecule has 1 aromatic rings. The molecular weight excluding hydrogens is 354 g/mol. The van der Waals surface area contributed by atoms with Crippen molar-refractivity contribution >= 4 is 5.91 Å². The molecular formula is C19H29NO7. The van der Waals surface area contributed by atoms with Crippen LogP contribution in [0.1, 0.15) is 36.0 Å². The predicted octanol–water partition coefficient (Wildman–Crippen LogP) is -0.820. The highest BCUT2D eigenvalue weighted by atomic mass is 16.5. The SMILES string of the molecule is O=C(NCCCCCCOC1[C@@H](O)[C@H](O)C(O)[C@H](O)[C@H]1O)c1ccccc1. The number of carbonyl (C=O) groups is 1. The molecule has 2 unspecified atom stereocenters. The summed E-state index contributed by atoms with van der Waals surface area (Å²) in [5, 5.41) is 51.4. The first kappa shape index (κ1) is 21.7. The molecule has 6 N–H and O–H groups in total. The van der Waals surface area contributed by atoms with Gasteiger partial charge in [0, 0.05) is 18.7 Å². The predicted molar refractivity (Wildman–Crippen MR) is 97.0 cm³/mol. The molecule has 6 atom stereocenters. The van der Waals surface area contributed by atoms with Crippen molar-refractivity contribution in [3.8, 4) is 0 Å². The molecule has 2 rings (SSSR count). The molecule has 152 valence electrons. The first-order valence-electron chi connectivity index (χ1n) is 9.28. The van der Waals surface area contributed by atoms with E-state index in [1.165, 1.54) is 0 Å². The molecule has 1 saturated carbocycles. The third kappa shape index (κ3) is 5.97. The molecule has 0 spiro atoms. The van der Waals surface area contributed by atoms with Gasteiger partial charge >= 0.3 is 0 Å². The fraction of sp³-hybridized carbons (Fsp3) is 0.632. The summed E-state index contributed by atoms with van der Waals surface area (Å²) in [7, 11) is 0. The number of nitrogens with one attached hydrogen (secondary N) is 1. The standard InChI is InChI=1S/C19H29NO7/c21-13-14(22)16(24)18(17(25)15(13)23)27-11-7-2-1-6-10-20-19(26)12-8-4-3-5-9-12/h3-5,8-9,13-18,21-25H,1-2,6-7,10-11H2,(H,20,26)/t13?,14-,15+,16+,17-,18?. The quantitative estimate of drug-likeness (QED) is 0.306. The lowest BCUT2D eigenvalue weighted by molar-refractivity contribution is -0.235. The van der Waals surface area contributed by atoms with Crippen molar-refractivity contribution in [2.24, 2.45) is 0 Å². The van der Waals surface area contributed by atoms with E-state index in [1.807, 2.05) is 18.2 Å². The molecule has 0 saturated heterocycles. The fourth-order valence-electron chi connectivity index (χ4n) is 3.09. The van der Waals surface area contributed by atoms with Gasteiger partial charge in [-0.3, -0.25) is 4.79 Å². The average molecular weight is 383 g/mol. The zero-order valence-corrected chi connectivity index (χ0v) is 15.1. The molecule has 1 amide bonds. The Balaban J connectivity index is 1.56. The molecule has 0 bridgehead atoms. The van der Waals surface area contributed by atoms with Crippen LogP contribution in [0.25, 0.3) is 0 Å². The highest BCUT2D eigenvalue weighted by Crippen LogP contribution is 2.24. The van der Waals surface area contributed by atoms with E-state index in [4.69, 9.17) is 4.74 Å². The van der Waals surface area contributed by atoms with Crippen LogP contribution >= 0.6 is 0 Å². The third-order valence-corrected chi connectivity index (χ3v) is 4.78. The number of hydrogen-bond acceptors (Lipinski definition) is 7. The lowest BCUT2D eigenvalue weighted by atomic mass is 9.85. The van der Waals surface area contributed by atoms with E-state index in [1.54, 1.807) is 12.1 Å². The molecule has 1 aromatic carbocycles. The summed E-state index contributed by atoms with van der Waals surface area (Å²) in [4.78, 5) is 11.9. The molecule has 0 aliphatic heterocycles. The maximum Gasteiger partial charge on any atom is 0.251 e. The minimum atomic E-state index is -1.61. The molecule has 0 radical (unpaired) electrons. The Hall–Kier alpha value is -1.55. The van der Waals surface area contributed by atoms with Crippen molar-refractivity contribution in [2.45, 2.75) is 62.3 Å². The number of benzene rings is 1. The topological polar surface area (TPSA) is 139 Å². The van der Waals surface area contributed by atoms with Crippen LogP contribution in [0.5, 0.6) is 0 Å². The van der Waals surface area contributed by atoms with Crippen LogP contribution in [0, 0.1) is 0 Å². The van der Waals surface area contributed by atoms with Crippen molar-refractivity contribution in [2.75, 3.05) is 13.2 Å². The van der Waals surface area contributed by atoms with Crippen LogP contribution in [0.4, 0.5) is 0 Å².